The van der Waals surface area contributed by atoms with Gasteiger partial charge >= 0.3 is 6.18 Å². The molecule has 0 atom stereocenters. The Hall–Kier alpha value is -3.69. The van der Waals surface area contributed by atoms with Crippen molar-refractivity contribution < 1.29 is 22.8 Å². The number of carbonyl (C=O) groups is 2. The fourth-order valence-electron chi connectivity index (χ4n) is 2.82. The first-order valence-electron chi connectivity index (χ1n) is 9.40. The summed E-state index contributed by atoms with van der Waals surface area (Å²) in [5, 5.41) is 9.60. The lowest BCUT2D eigenvalue weighted by atomic mass is 10.1. The minimum Gasteiger partial charge on any atom is -0.326 e. The number of anilines is 2. The zero-order valence-corrected chi connectivity index (χ0v) is 17.0. The minimum absolute atomic E-state index is 0.151. The van der Waals surface area contributed by atoms with Crippen molar-refractivity contribution in [2.75, 3.05) is 10.6 Å². The molecule has 0 aliphatic carbocycles. The van der Waals surface area contributed by atoms with Gasteiger partial charge in [0.05, 0.1) is 23.0 Å². The van der Waals surface area contributed by atoms with Crippen molar-refractivity contribution in [3.8, 4) is 5.82 Å². The van der Waals surface area contributed by atoms with Crippen LogP contribution in [0.1, 0.15) is 40.5 Å². The molecule has 0 saturated carbocycles. The van der Waals surface area contributed by atoms with Crippen LogP contribution < -0.4 is 10.6 Å². The van der Waals surface area contributed by atoms with Crippen molar-refractivity contribution in [2.45, 2.75) is 33.4 Å². The van der Waals surface area contributed by atoms with Crippen LogP contribution in [0.25, 0.3) is 5.82 Å². The molecule has 0 spiro atoms. The summed E-state index contributed by atoms with van der Waals surface area (Å²) in [6.07, 6.45) is -2.12. The number of aromatic nitrogens is 3. The molecule has 0 aliphatic heterocycles. The predicted molar refractivity (Wildman–Crippen MR) is 109 cm³/mol. The normalized spacial score (nSPS) is 11.3. The fourth-order valence-corrected chi connectivity index (χ4v) is 2.82. The molecule has 1 aromatic carbocycles. The Bertz CT molecular complexity index is 1120. The topological polar surface area (TPSA) is 88.9 Å². The molecule has 3 rings (SSSR count). The Morgan fingerprint density at radius 2 is 1.81 bits per heavy atom. The van der Waals surface area contributed by atoms with Crippen LogP contribution in [0.4, 0.5) is 24.5 Å². The van der Waals surface area contributed by atoms with Crippen LogP contribution in [0.2, 0.25) is 0 Å². The molecule has 3 aromatic rings. The molecule has 2 amide bonds. The highest BCUT2D eigenvalue weighted by atomic mass is 19.4. The second-order valence-corrected chi connectivity index (χ2v) is 6.84. The number of carbonyl (C=O) groups excluding carboxylic acids is 2. The Balaban J connectivity index is 1.82. The SMILES string of the molecule is CCC(=O)Nc1ccc(C)c(NC(=O)c2cnn(-c3ccc(C(F)(F)F)cn3)c2C)c1. The van der Waals surface area contributed by atoms with E-state index in [9.17, 15) is 22.8 Å². The van der Waals surface area contributed by atoms with Gasteiger partial charge in [-0.3, -0.25) is 9.59 Å². The number of benzene rings is 1. The van der Waals surface area contributed by atoms with Gasteiger partial charge in [-0.05, 0) is 43.7 Å². The van der Waals surface area contributed by atoms with Crippen molar-refractivity contribution in [1.82, 2.24) is 14.8 Å². The maximum atomic E-state index is 12.8. The second kappa shape index (κ2) is 8.58. The van der Waals surface area contributed by atoms with Crippen molar-refractivity contribution >= 4 is 23.2 Å². The quantitative estimate of drug-likeness (QED) is 0.622. The third-order valence-corrected chi connectivity index (χ3v) is 4.64. The van der Waals surface area contributed by atoms with Gasteiger partial charge in [-0.1, -0.05) is 13.0 Å². The van der Waals surface area contributed by atoms with Crippen LogP contribution in [-0.4, -0.2) is 26.6 Å². The molecule has 0 unspecified atom stereocenters. The number of aryl methyl sites for hydroxylation is 1. The van der Waals surface area contributed by atoms with Gasteiger partial charge in [-0.25, -0.2) is 9.67 Å². The number of halogens is 3. The number of amides is 2. The van der Waals surface area contributed by atoms with E-state index in [1.165, 1.54) is 16.9 Å². The first-order chi connectivity index (χ1) is 14.6. The molecular weight excluding hydrogens is 411 g/mol. The van der Waals surface area contributed by atoms with E-state index in [0.717, 1.165) is 17.8 Å². The second-order valence-electron chi connectivity index (χ2n) is 6.84. The molecule has 0 aliphatic rings. The van der Waals surface area contributed by atoms with E-state index in [1.807, 2.05) is 6.92 Å². The molecule has 0 bridgehead atoms. The third kappa shape index (κ3) is 4.90. The van der Waals surface area contributed by atoms with Crippen LogP contribution in [0, 0.1) is 13.8 Å². The predicted octanol–water partition coefficient (Wildman–Crippen LogP) is 4.50. The van der Waals surface area contributed by atoms with E-state index in [1.54, 1.807) is 32.0 Å². The third-order valence-electron chi connectivity index (χ3n) is 4.64. The van der Waals surface area contributed by atoms with Crippen LogP contribution >= 0.6 is 0 Å². The molecule has 0 radical (unpaired) electrons. The molecule has 2 aromatic heterocycles. The highest BCUT2D eigenvalue weighted by Crippen LogP contribution is 2.29. The molecule has 10 heteroatoms. The number of nitrogens with zero attached hydrogens (tertiary/aromatic N) is 3. The number of hydrogen-bond donors (Lipinski definition) is 2. The molecule has 162 valence electrons. The van der Waals surface area contributed by atoms with Gasteiger partial charge in [0.1, 0.15) is 0 Å². The number of pyridine rings is 1. The van der Waals surface area contributed by atoms with Crippen molar-refractivity contribution in [3.05, 3.63) is 65.1 Å². The molecule has 7 nitrogen and oxygen atoms in total. The van der Waals surface area contributed by atoms with Gasteiger partial charge in [0.2, 0.25) is 5.91 Å². The van der Waals surface area contributed by atoms with Gasteiger partial charge in [0.25, 0.3) is 5.91 Å². The average molecular weight is 431 g/mol. The smallest absolute Gasteiger partial charge is 0.326 e. The Labute approximate surface area is 176 Å². The summed E-state index contributed by atoms with van der Waals surface area (Å²) in [5.41, 5.74) is 1.64. The van der Waals surface area contributed by atoms with E-state index >= 15 is 0 Å². The summed E-state index contributed by atoms with van der Waals surface area (Å²) in [5.74, 6) is -0.440. The highest BCUT2D eigenvalue weighted by molar-refractivity contribution is 6.05. The van der Waals surface area contributed by atoms with Crippen LogP contribution in [0.3, 0.4) is 0 Å². The first kappa shape index (κ1) is 22.0. The van der Waals surface area contributed by atoms with Gasteiger partial charge in [0.15, 0.2) is 5.82 Å². The van der Waals surface area contributed by atoms with Crippen LogP contribution in [0.15, 0.2) is 42.7 Å². The zero-order valence-electron chi connectivity index (χ0n) is 17.0. The van der Waals surface area contributed by atoms with Gasteiger partial charge in [0, 0.05) is 24.0 Å². The summed E-state index contributed by atoms with van der Waals surface area (Å²) >= 11 is 0. The lowest BCUT2D eigenvalue weighted by Crippen LogP contribution is -2.15. The zero-order chi connectivity index (χ0) is 22.8. The van der Waals surface area contributed by atoms with E-state index in [2.05, 4.69) is 20.7 Å². The maximum absolute atomic E-state index is 12.8. The summed E-state index contributed by atoms with van der Waals surface area (Å²) in [6, 6.07) is 7.25. The molecule has 2 heterocycles. The molecule has 31 heavy (non-hydrogen) atoms. The summed E-state index contributed by atoms with van der Waals surface area (Å²) < 4.78 is 39.5. The lowest BCUT2D eigenvalue weighted by Gasteiger charge is -2.11. The van der Waals surface area contributed by atoms with E-state index in [-0.39, 0.29) is 17.3 Å². The first-order valence-corrected chi connectivity index (χ1v) is 9.40. The van der Waals surface area contributed by atoms with Crippen LogP contribution in [-0.2, 0) is 11.0 Å². The number of rotatable bonds is 5. The summed E-state index contributed by atoms with van der Waals surface area (Å²) in [6.45, 7) is 5.16. The molecular formula is C21H20F3N5O2. The lowest BCUT2D eigenvalue weighted by molar-refractivity contribution is -0.137. The standard InChI is InChI=1S/C21H20F3N5O2/c1-4-19(30)27-15-7-5-12(2)17(9-15)28-20(31)16-11-26-29(13(16)3)18-8-6-14(10-25-18)21(22,23)24/h5-11H,4H2,1-3H3,(H,27,30)(H,28,31). The van der Waals surface area contributed by atoms with E-state index in [4.69, 9.17) is 0 Å². The number of hydrogen-bond acceptors (Lipinski definition) is 4. The molecule has 0 saturated heterocycles. The van der Waals surface area contributed by atoms with Gasteiger partial charge in [-0.15, -0.1) is 0 Å². The Morgan fingerprint density at radius 3 is 2.42 bits per heavy atom. The van der Waals surface area contributed by atoms with E-state index < -0.39 is 17.6 Å². The monoisotopic (exact) mass is 431 g/mol. The van der Waals surface area contributed by atoms with Crippen LogP contribution in [0.5, 0.6) is 0 Å². The molecule has 2 N–H and O–H groups in total. The Morgan fingerprint density at radius 1 is 1.06 bits per heavy atom. The van der Waals surface area contributed by atoms with Crippen molar-refractivity contribution in [1.29, 1.82) is 0 Å². The van der Waals surface area contributed by atoms with Gasteiger partial charge < -0.3 is 10.6 Å². The minimum atomic E-state index is -4.49. The Kier molecular flexibility index (Phi) is 6.09. The maximum Gasteiger partial charge on any atom is 0.417 e. The van der Waals surface area contributed by atoms with Crippen molar-refractivity contribution in [2.24, 2.45) is 0 Å². The highest BCUT2D eigenvalue weighted by Gasteiger charge is 2.30. The number of nitrogens with one attached hydrogen (secondary N) is 2. The van der Waals surface area contributed by atoms with Gasteiger partial charge in [-0.2, -0.15) is 18.3 Å². The average Bonchev–Trinajstić information content (AvgIpc) is 3.11. The summed E-state index contributed by atoms with van der Waals surface area (Å²) in [7, 11) is 0. The fraction of sp³-hybridized carbons (Fsp3) is 0.238. The summed E-state index contributed by atoms with van der Waals surface area (Å²) in [4.78, 5) is 28.2. The largest absolute Gasteiger partial charge is 0.417 e. The number of alkyl halides is 3. The van der Waals surface area contributed by atoms with Crippen molar-refractivity contribution in [3.63, 3.8) is 0 Å². The van der Waals surface area contributed by atoms with E-state index in [0.29, 0.717) is 23.5 Å². The molecule has 0 fully saturated rings.